The van der Waals surface area contributed by atoms with Crippen molar-refractivity contribution in [2.45, 2.75) is 52.5 Å². The number of nitrogens with zero attached hydrogens (tertiary/aromatic N) is 4. The Labute approximate surface area is 155 Å². The zero-order valence-corrected chi connectivity index (χ0v) is 16.0. The van der Waals surface area contributed by atoms with Gasteiger partial charge in [0.05, 0.1) is 24.3 Å². The monoisotopic (exact) mass is 355 g/mol. The van der Waals surface area contributed by atoms with Gasteiger partial charge in [0, 0.05) is 32.2 Å². The van der Waals surface area contributed by atoms with Gasteiger partial charge in [-0.1, -0.05) is 30.3 Å². The Morgan fingerprint density at radius 3 is 2.77 bits per heavy atom. The zero-order chi connectivity index (χ0) is 18.5. The number of hydrogen-bond donors (Lipinski definition) is 1. The molecule has 1 aromatic heterocycles. The largest absolute Gasteiger partial charge is 0.334 e. The number of fused-ring (bicyclic) bond motifs is 1. The molecule has 2 aromatic rings. The first-order valence-corrected chi connectivity index (χ1v) is 9.34. The fourth-order valence-electron chi connectivity index (χ4n) is 3.13. The van der Waals surface area contributed by atoms with Crippen LogP contribution in [-0.4, -0.2) is 45.0 Å². The van der Waals surface area contributed by atoms with E-state index in [1.54, 1.807) is 0 Å². The Kier molecular flexibility index (Phi) is 5.93. The van der Waals surface area contributed by atoms with Crippen molar-refractivity contribution < 1.29 is 4.79 Å². The first-order valence-electron chi connectivity index (χ1n) is 9.34. The van der Waals surface area contributed by atoms with E-state index in [-0.39, 0.29) is 6.03 Å². The summed E-state index contributed by atoms with van der Waals surface area (Å²) in [7, 11) is 2.11. The molecule has 0 fully saturated rings. The van der Waals surface area contributed by atoms with Crippen molar-refractivity contribution in [1.82, 2.24) is 24.7 Å². The summed E-state index contributed by atoms with van der Waals surface area (Å²) in [5.41, 5.74) is 3.34. The summed E-state index contributed by atoms with van der Waals surface area (Å²) in [6.07, 6.45) is 2.87. The summed E-state index contributed by atoms with van der Waals surface area (Å²) in [5, 5.41) is 3.04. The number of carbonyl (C=O) groups excluding carboxylic acids is 1. The van der Waals surface area contributed by atoms with E-state index in [0.29, 0.717) is 19.1 Å². The number of aromatic nitrogens is 2. The van der Waals surface area contributed by atoms with E-state index >= 15 is 0 Å². The maximum Gasteiger partial charge on any atom is 0.318 e. The van der Waals surface area contributed by atoms with Crippen molar-refractivity contribution in [2.75, 3.05) is 13.6 Å². The maximum absolute atomic E-state index is 12.7. The molecule has 26 heavy (non-hydrogen) atoms. The molecule has 0 unspecified atom stereocenters. The highest BCUT2D eigenvalue weighted by Gasteiger charge is 2.22. The Morgan fingerprint density at radius 1 is 1.27 bits per heavy atom. The van der Waals surface area contributed by atoms with Crippen LogP contribution >= 0.6 is 0 Å². The summed E-state index contributed by atoms with van der Waals surface area (Å²) in [4.78, 5) is 21.5. The molecule has 6 nitrogen and oxygen atoms in total. The van der Waals surface area contributed by atoms with Gasteiger partial charge in [-0.2, -0.15) is 0 Å². The molecule has 3 rings (SSSR count). The van der Waals surface area contributed by atoms with Gasteiger partial charge in [-0.15, -0.1) is 0 Å². The highest BCUT2D eigenvalue weighted by Crippen LogP contribution is 2.18. The van der Waals surface area contributed by atoms with E-state index in [0.717, 1.165) is 43.0 Å². The lowest BCUT2D eigenvalue weighted by atomic mass is 10.2. The molecule has 0 bridgehead atoms. The first kappa shape index (κ1) is 18.5. The van der Waals surface area contributed by atoms with Gasteiger partial charge in [-0.25, -0.2) is 9.78 Å². The molecule has 6 heteroatoms. The molecule has 0 aliphatic carbocycles. The molecule has 0 radical (unpaired) electrons. The second-order valence-electron chi connectivity index (χ2n) is 7.26. The molecular weight excluding hydrogens is 326 g/mol. The van der Waals surface area contributed by atoms with Crippen LogP contribution in [0.4, 0.5) is 4.79 Å². The second-order valence-corrected chi connectivity index (χ2v) is 7.26. The molecule has 0 atom stereocenters. The molecule has 1 aliphatic rings. The number of amides is 2. The molecule has 1 N–H and O–H groups in total. The van der Waals surface area contributed by atoms with Gasteiger partial charge in [0.25, 0.3) is 0 Å². The van der Waals surface area contributed by atoms with E-state index in [9.17, 15) is 4.79 Å². The summed E-state index contributed by atoms with van der Waals surface area (Å²) >= 11 is 0. The third kappa shape index (κ3) is 4.43. The van der Waals surface area contributed by atoms with Crippen LogP contribution in [0.25, 0.3) is 0 Å². The van der Waals surface area contributed by atoms with E-state index in [1.165, 1.54) is 0 Å². The van der Waals surface area contributed by atoms with Crippen molar-refractivity contribution in [3.8, 4) is 0 Å². The lowest BCUT2D eigenvalue weighted by molar-refractivity contribution is 0.195. The predicted molar refractivity (Wildman–Crippen MR) is 103 cm³/mol. The van der Waals surface area contributed by atoms with Crippen LogP contribution in [0.1, 0.15) is 37.2 Å². The van der Waals surface area contributed by atoms with Crippen LogP contribution < -0.4 is 5.32 Å². The number of benzene rings is 1. The van der Waals surface area contributed by atoms with E-state index in [4.69, 9.17) is 0 Å². The van der Waals surface area contributed by atoms with Crippen LogP contribution in [0.2, 0.25) is 0 Å². The van der Waals surface area contributed by atoms with Crippen molar-refractivity contribution in [1.29, 1.82) is 0 Å². The van der Waals surface area contributed by atoms with Gasteiger partial charge in [0.1, 0.15) is 0 Å². The normalized spacial score (nSPS) is 14.4. The highest BCUT2D eigenvalue weighted by molar-refractivity contribution is 5.74. The van der Waals surface area contributed by atoms with Gasteiger partial charge in [0.15, 0.2) is 0 Å². The summed E-state index contributed by atoms with van der Waals surface area (Å²) in [6.45, 7) is 8.01. The quantitative estimate of drug-likeness (QED) is 0.897. The molecule has 0 saturated heterocycles. The van der Waals surface area contributed by atoms with Crippen molar-refractivity contribution >= 4 is 6.03 Å². The average molecular weight is 355 g/mol. The predicted octanol–water partition coefficient (Wildman–Crippen LogP) is 2.84. The van der Waals surface area contributed by atoms with E-state index < -0.39 is 0 Å². The minimum absolute atomic E-state index is 0.00772. The van der Waals surface area contributed by atoms with Crippen molar-refractivity contribution in [2.24, 2.45) is 0 Å². The SMILES string of the molecule is CC(C)N(C)Cc1ncn2c1CN(C(=O)NCc1ccccc1)CCC2. The number of nitrogens with one attached hydrogen (secondary N) is 1. The number of imidazole rings is 1. The van der Waals surface area contributed by atoms with Crippen LogP contribution in [0.3, 0.4) is 0 Å². The summed E-state index contributed by atoms with van der Waals surface area (Å²) in [6, 6.07) is 10.5. The molecule has 2 amide bonds. The molecule has 0 saturated carbocycles. The molecule has 2 heterocycles. The van der Waals surface area contributed by atoms with Crippen LogP contribution in [-0.2, 0) is 26.2 Å². The number of aryl methyl sites for hydroxylation is 1. The van der Waals surface area contributed by atoms with Crippen LogP contribution in [0, 0.1) is 0 Å². The van der Waals surface area contributed by atoms with Gasteiger partial charge < -0.3 is 14.8 Å². The van der Waals surface area contributed by atoms with E-state index in [1.807, 2.05) is 41.6 Å². The first-order chi connectivity index (χ1) is 12.5. The topological polar surface area (TPSA) is 53.4 Å². The van der Waals surface area contributed by atoms with Crippen molar-refractivity contribution in [3.05, 3.63) is 53.6 Å². The Balaban J connectivity index is 1.66. The fraction of sp³-hybridized carbons (Fsp3) is 0.500. The van der Waals surface area contributed by atoms with Gasteiger partial charge >= 0.3 is 6.03 Å². The van der Waals surface area contributed by atoms with Gasteiger partial charge in [-0.05, 0) is 32.9 Å². The Hall–Kier alpha value is -2.34. The van der Waals surface area contributed by atoms with Gasteiger partial charge in [-0.3, -0.25) is 4.90 Å². The molecule has 0 spiro atoms. The minimum atomic E-state index is -0.00772. The van der Waals surface area contributed by atoms with E-state index in [2.05, 4.69) is 40.7 Å². The summed E-state index contributed by atoms with van der Waals surface area (Å²) in [5.74, 6) is 0. The minimum Gasteiger partial charge on any atom is -0.334 e. The van der Waals surface area contributed by atoms with Gasteiger partial charge in [0.2, 0.25) is 0 Å². The zero-order valence-electron chi connectivity index (χ0n) is 16.0. The Bertz CT molecular complexity index is 725. The highest BCUT2D eigenvalue weighted by atomic mass is 16.2. The molecule has 140 valence electrons. The maximum atomic E-state index is 12.7. The average Bonchev–Trinajstić information content (AvgIpc) is 2.88. The van der Waals surface area contributed by atoms with Crippen LogP contribution in [0.15, 0.2) is 36.7 Å². The second kappa shape index (κ2) is 8.36. The Morgan fingerprint density at radius 2 is 2.04 bits per heavy atom. The van der Waals surface area contributed by atoms with Crippen molar-refractivity contribution in [3.63, 3.8) is 0 Å². The number of carbonyl (C=O) groups is 1. The summed E-state index contributed by atoms with van der Waals surface area (Å²) < 4.78 is 2.20. The number of urea groups is 1. The third-order valence-corrected chi connectivity index (χ3v) is 5.05. The third-order valence-electron chi connectivity index (χ3n) is 5.05. The standard InChI is InChI=1S/C20H29N5O/c1-16(2)23(3)13-18-19-14-24(10-7-11-25(19)15-22-18)20(26)21-12-17-8-5-4-6-9-17/h4-6,8-9,15-16H,7,10-14H2,1-3H3,(H,21,26). The fourth-order valence-corrected chi connectivity index (χ4v) is 3.13. The smallest absolute Gasteiger partial charge is 0.318 e. The lowest BCUT2D eigenvalue weighted by Gasteiger charge is -2.23. The lowest BCUT2D eigenvalue weighted by Crippen LogP contribution is -2.39. The molecular formula is C20H29N5O. The van der Waals surface area contributed by atoms with Crippen LogP contribution in [0.5, 0.6) is 0 Å². The molecule has 1 aliphatic heterocycles. The molecule has 1 aromatic carbocycles. The number of rotatable bonds is 5. The number of hydrogen-bond acceptors (Lipinski definition) is 3.